The molecule has 0 radical (unpaired) electrons. The molecule has 2 atom stereocenters. The van der Waals surface area contributed by atoms with Gasteiger partial charge in [0.1, 0.15) is 23.0 Å². The molecule has 17 nitrogen and oxygen atoms in total. The summed E-state index contributed by atoms with van der Waals surface area (Å²) in [7, 11) is 3.14. The van der Waals surface area contributed by atoms with Gasteiger partial charge in [0, 0.05) is 83.5 Å². The monoisotopic (exact) mass is 897 g/mol. The Morgan fingerprint density at radius 1 is 0.636 bits per heavy atom. The van der Waals surface area contributed by atoms with E-state index in [1.54, 1.807) is 43.8 Å². The van der Waals surface area contributed by atoms with Gasteiger partial charge in [-0.1, -0.05) is 12.1 Å². The van der Waals surface area contributed by atoms with Gasteiger partial charge in [0.25, 0.3) is 22.9 Å². The number of carbonyl (C=O) groups excluding carboxylic acids is 2. The molecular formula is C48H56FN13O4. The van der Waals surface area contributed by atoms with Crippen molar-refractivity contribution in [3.8, 4) is 0 Å². The van der Waals surface area contributed by atoms with Crippen molar-refractivity contribution in [1.29, 1.82) is 0 Å². The number of carbonyl (C=O) groups is 2. The summed E-state index contributed by atoms with van der Waals surface area (Å²) >= 11 is 0. The van der Waals surface area contributed by atoms with Crippen molar-refractivity contribution >= 4 is 45.1 Å². The molecule has 2 amide bonds. The van der Waals surface area contributed by atoms with Crippen molar-refractivity contribution in [3.05, 3.63) is 123 Å². The normalized spacial score (nSPS) is 20.0. The maximum absolute atomic E-state index is 14.4. The minimum Gasteiger partial charge on any atom is -0.370 e. The van der Waals surface area contributed by atoms with Crippen LogP contribution < -0.4 is 31.6 Å². The molecular weight excluding hydrogens is 842 g/mol. The fourth-order valence-corrected chi connectivity index (χ4v) is 10.1. The molecule has 4 saturated heterocycles. The summed E-state index contributed by atoms with van der Waals surface area (Å²) in [5.41, 5.74) is 2.94. The van der Waals surface area contributed by atoms with E-state index in [-0.39, 0.29) is 46.3 Å². The Kier molecular flexibility index (Phi) is 13.4. The summed E-state index contributed by atoms with van der Waals surface area (Å²) in [5.74, 6) is 1.31. The Hall–Kier alpha value is -6.66. The van der Waals surface area contributed by atoms with Crippen LogP contribution in [0.15, 0.2) is 82.8 Å². The van der Waals surface area contributed by atoms with E-state index in [9.17, 15) is 23.6 Å². The molecule has 18 heteroatoms. The quantitative estimate of drug-likeness (QED) is 0.170. The molecule has 4 fully saturated rings. The summed E-state index contributed by atoms with van der Waals surface area (Å²) in [6.07, 6.45) is 12.1. The Morgan fingerprint density at radius 2 is 1.24 bits per heavy atom. The number of nitrogens with one attached hydrogen (secondary N) is 4. The molecule has 0 aliphatic carbocycles. The molecule has 0 bridgehead atoms. The van der Waals surface area contributed by atoms with Gasteiger partial charge in [-0.15, -0.1) is 0 Å². The first-order valence-corrected chi connectivity index (χ1v) is 23.0. The Labute approximate surface area is 381 Å². The number of piperidine rings is 3. The molecule has 5 aromatic heterocycles. The summed E-state index contributed by atoms with van der Waals surface area (Å²) in [6, 6.07) is 16.5. The summed E-state index contributed by atoms with van der Waals surface area (Å²) in [6.45, 7) is 7.09. The maximum atomic E-state index is 14.4. The number of H-pyrrole nitrogens is 2. The number of halogens is 1. The third-order valence-electron chi connectivity index (χ3n) is 13.7. The lowest BCUT2D eigenvalue weighted by Gasteiger charge is -2.42. The maximum Gasteiger partial charge on any atom is 0.269 e. The number of aromatic nitrogens is 7. The highest BCUT2D eigenvalue weighted by molar-refractivity contribution is 5.92. The second-order valence-electron chi connectivity index (χ2n) is 17.6. The van der Waals surface area contributed by atoms with Crippen LogP contribution in [0.3, 0.4) is 0 Å². The zero-order chi connectivity index (χ0) is 45.7. The molecule has 344 valence electrons. The van der Waals surface area contributed by atoms with Gasteiger partial charge in [-0.05, 0) is 100 Å². The van der Waals surface area contributed by atoms with Crippen LogP contribution in [0.1, 0.15) is 89.4 Å². The molecule has 66 heavy (non-hydrogen) atoms. The third-order valence-corrected chi connectivity index (χ3v) is 13.7. The molecule has 1 aromatic carbocycles. The fraction of sp³-hybridized carbons (Fsp3) is 0.438. The number of aromatic amines is 2. The van der Waals surface area contributed by atoms with Gasteiger partial charge in [0.15, 0.2) is 11.6 Å². The Balaban J connectivity index is 0.000000166. The molecule has 10 rings (SSSR count). The zero-order valence-electron chi connectivity index (χ0n) is 37.4. The molecule has 4 N–H and O–H groups in total. The minimum absolute atomic E-state index is 0.0844. The molecule has 9 heterocycles. The van der Waals surface area contributed by atoms with E-state index >= 15 is 0 Å². The molecule has 6 aromatic rings. The number of nitrogens with zero attached hydrogens (tertiary/aromatic N) is 9. The van der Waals surface area contributed by atoms with Crippen LogP contribution in [0.25, 0.3) is 21.8 Å². The number of rotatable bonds is 8. The van der Waals surface area contributed by atoms with Crippen LogP contribution in [0.2, 0.25) is 0 Å². The van der Waals surface area contributed by atoms with Crippen molar-refractivity contribution in [2.45, 2.75) is 68.9 Å². The van der Waals surface area contributed by atoms with E-state index in [0.29, 0.717) is 47.2 Å². The second-order valence-corrected chi connectivity index (χ2v) is 17.6. The van der Waals surface area contributed by atoms with Crippen LogP contribution in [0, 0.1) is 5.82 Å². The van der Waals surface area contributed by atoms with Crippen molar-refractivity contribution in [2.24, 2.45) is 0 Å². The van der Waals surface area contributed by atoms with Gasteiger partial charge < -0.3 is 30.4 Å². The molecule has 4 aliphatic heterocycles. The SMILES string of the molecule is CNC(=O)c1ccc(F)c(N2CCC(N3CCC(c4nc5ccccc5c(=O)[nH]4)C3)CC2)n1.CNC(=O)c1ccc(N2CCC(N3CCCC(c4nc5cnccc5c(=O)[nH]4)C3)CC2)cn1. The van der Waals surface area contributed by atoms with Crippen LogP contribution >= 0.6 is 0 Å². The van der Waals surface area contributed by atoms with E-state index < -0.39 is 5.82 Å². The number of anilines is 2. The number of benzene rings is 1. The smallest absolute Gasteiger partial charge is 0.269 e. The van der Waals surface area contributed by atoms with E-state index in [1.807, 2.05) is 29.2 Å². The highest BCUT2D eigenvalue weighted by Crippen LogP contribution is 2.32. The molecule has 0 saturated carbocycles. The number of likely N-dealkylation sites (tertiary alicyclic amines) is 2. The van der Waals surface area contributed by atoms with Crippen LogP contribution in [-0.2, 0) is 0 Å². The lowest BCUT2D eigenvalue weighted by Crippen LogP contribution is -2.48. The molecule has 4 aliphatic rings. The number of amides is 2. The standard InChI is InChI=1S/C24H27FN6O2.C24H29N7O2/c1-26-24(33)20-7-6-18(25)22(28-20)30-12-9-16(10-13-30)31-11-8-15(14-31)21-27-19-5-3-2-4-17(19)23(32)29-21;1-25-24(33)20-5-4-18(13-27-20)30-11-7-17(8-12-30)31-10-2-3-16(15-31)22-28-21-14-26-9-6-19(21)23(32)29-22/h2-7,15-16H,8-14H2,1H3,(H,26,33)(H,27,29,32);4-6,9,13-14,16-17H,2-3,7-8,10-12,15H2,1H3,(H,25,33)(H,28,29,32). The highest BCUT2D eigenvalue weighted by atomic mass is 19.1. The summed E-state index contributed by atoms with van der Waals surface area (Å²) in [4.78, 5) is 86.0. The second kappa shape index (κ2) is 19.8. The number of fused-ring (bicyclic) bond motifs is 2. The molecule has 0 spiro atoms. The Morgan fingerprint density at radius 3 is 1.92 bits per heavy atom. The van der Waals surface area contributed by atoms with Gasteiger partial charge in [0.2, 0.25) is 0 Å². The first kappa shape index (κ1) is 44.5. The van der Waals surface area contributed by atoms with Crippen LogP contribution in [0.5, 0.6) is 0 Å². The zero-order valence-corrected chi connectivity index (χ0v) is 37.4. The largest absolute Gasteiger partial charge is 0.370 e. The van der Waals surface area contributed by atoms with Gasteiger partial charge in [-0.25, -0.2) is 24.3 Å². The Bertz CT molecular complexity index is 2810. The average molecular weight is 898 g/mol. The van der Waals surface area contributed by atoms with Crippen molar-refractivity contribution in [3.63, 3.8) is 0 Å². The van der Waals surface area contributed by atoms with E-state index in [2.05, 4.69) is 50.3 Å². The van der Waals surface area contributed by atoms with Gasteiger partial charge in [0.05, 0.1) is 39.9 Å². The topological polar surface area (TPSA) is 201 Å². The van der Waals surface area contributed by atoms with Crippen molar-refractivity contribution in [2.75, 3.05) is 76.3 Å². The third kappa shape index (κ3) is 9.65. The summed E-state index contributed by atoms with van der Waals surface area (Å²) in [5, 5.41) is 6.34. The van der Waals surface area contributed by atoms with Crippen LogP contribution in [0.4, 0.5) is 15.9 Å². The van der Waals surface area contributed by atoms with Crippen LogP contribution in [-0.4, -0.2) is 135 Å². The van der Waals surface area contributed by atoms with Gasteiger partial charge in [-0.2, -0.15) is 0 Å². The van der Waals surface area contributed by atoms with Crippen molar-refractivity contribution < 1.29 is 14.0 Å². The van der Waals surface area contributed by atoms with E-state index in [1.165, 1.54) is 19.2 Å². The predicted octanol–water partition coefficient (Wildman–Crippen LogP) is 4.20. The highest BCUT2D eigenvalue weighted by Gasteiger charge is 2.34. The van der Waals surface area contributed by atoms with Gasteiger partial charge >= 0.3 is 0 Å². The summed E-state index contributed by atoms with van der Waals surface area (Å²) < 4.78 is 14.4. The first-order chi connectivity index (χ1) is 32.1. The lowest BCUT2D eigenvalue weighted by atomic mass is 9.93. The first-order valence-electron chi connectivity index (χ1n) is 23.0. The number of hydrogen-bond donors (Lipinski definition) is 4. The van der Waals surface area contributed by atoms with E-state index in [0.717, 1.165) is 107 Å². The number of hydrogen-bond acceptors (Lipinski definition) is 13. The van der Waals surface area contributed by atoms with Gasteiger partial charge in [-0.3, -0.25) is 34.0 Å². The average Bonchev–Trinajstić information content (AvgIpc) is 3.87. The predicted molar refractivity (Wildman–Crippen MR) is 251 cm³/mol. The minimum atomic E-state index is -0.409. The number of pyridine rings is 3. The van der Waals surface area contributed by atoms with E-state index in [4.69, 9.17) is 9.97 Å². The number of para-hydroxylation sites is 1. The fourth-order valence-electron chi connectivity index (χ4n) is 10.1. The lowest BCUT2D eigenvalue weighted by molar-refractivity contribution is 0.0950. The molecule has 2 unspecified atom stereocenters. The van der Waals surface area contributed by atoms with Crippen molar-refractivity contribution in [1.82, 2.24) is 55.3 Å².